The van der Waals surface area contributed by atoms with Crippen molar-refractivity contribution in [3.8, 4) is 0 Å². The average Bonchev–Trinajstić information content (AvgIpc) is 3.09. The van der Waals surface area contributed by atoms with Crippen LogP contribution < -0.4 is 0 Å². The van der Waals surface area contributed by atoms with Crippen molar-refractivity contribution in [2.24, 2.45) is 40.4 Å². The summed E-state index contributed by atoms with van der Waals surface area (Å²) < 4.78 is 6.39. The lowest BCUT2D eigenvalue weighted by molar-refractivity contribution is -0.181. The van der Waals surface area contributed by atoms with Crippen LogP contribution in [0.1, 0.15) is 104 Å². The quantitative estimate of drug-likeness (QED) is 0.354. The van der Waals surface area contributed by atoms with Gasteiger partial charge in [-0.15, -0.1) is 0 Å². The molecule has 1 aromatic rings. The standard InChI is InChI=1S/C34H52O3/c1-23(2)10-9-11-24(3)34(36)31(35)21-30-28-15-14-26-20-27(37-22-25-12-7-6-8-13-25)16-18-32(26,4)29(28)17-19-33(30,34)5/h6-8,12-14,23-24,27-31,35-36H,9-11,15-22H2,1-5H3/t24-,27+,28-,29+,30+,31+,32+,33+,34-/m1/s1. The number of aliphatic hydroxyl groups is 2. The SMILES string of the molecule is CC(C)CCC[C@@H](C)[C@@]1(O)[C@@H](O)C[C@H]2[C@@H]3CC=C4C[C@@H](OCc5ccccc5)CC[C@]4(C)[C@H]3CC[C@@]21C. The van der Waals surface area contributed by atoms with Gasteiger partial charge in [0.05, 0.1) is 24.4 Å². The molecule has 4 aliphatic rings. The topological polar surface area (TPSA) is 49.7 Å². The number of fused-ring (bicyclic) bond motifs is 5. The third kappa shape index (κ3) is 4.66. The zero-order valence-electron chi connectivity index (χ0n) is 24.1. The fraction of sp³-hybridized carbons (Fsp3) is 0.765. The Balaban J connectivity index is 1.29. The second kappa shape index (κ2) is 10.4. The normalized spacial score (nSPS) is 42.1. The molecule has 2 N–H and O–H groups in total. The molecule has 3 heteroatoms. The Kier molecular flexibility index (Phi) is 7.73. The van der Waals surface area contributed by atoms with E-state index in [-0.39, 0.29) is 16.7 Å². The van der Waals surface area contributed by atoms with Crippen molar-refractivity contribution in [1.29, 1.82) is 0 Å². The lowest BCUT2D eigenvalue weighted by Gasteiger charge is -2.59. The van der Waals surface area contributed by atoms with E-state index in [4.69, 9.17) is 4.74 Å². The Hall–Kier alpha value is -1.16. The van der Waals surface area contributed by atoms with Gasteiger partial charge in [-0.25, -0.2) is 0 Å². The highest BCUT2D eigenvalue weighted by atomic mass is 16.5. The molecular weight excluding hydrogens is 456 g/mol. The van der Waals surface area contributed by atoms with Crippen LogP contribution in [0.2, 0.25) is 0 Å². The predicted molar refractivity (Wildman–Crippen MR) is 151 cm³/mol. The van der Waals surface area contributed by atoms with Crippen molar-refractivity contribution in [3.05, 3.63) is 47.5 Å². The third-order valence-corrected chi connectivity index (χ3v) is 11.8. The number of allylic oxidation sites excluding steroid dienone is 1. The van der Waals surface area contributed by atoms with Crippen molar-refractivity contribution < 1.29 is 14.9 Å². The number of aliphatic hydroxyl groups excluding tert-OH is 1. The molecule has 0 saturated heterocycles. The van der Waals surface area contributed by atoms with Crippen LogP contribution in [0, 0.1) is 40.4 Å². The first kappa shape index (κ1) is 27.4. The molecule has 206 valence electrons. The molecule has 0 spiro atoms. The summed E-state index contributed by atoms with van der Waals surface area (Å²) in [5, 5.41) is 23.7. The van der Waals surface area contributed by atoms with Crippen LogP contribution in [-0.2, 0) is 11.3 Å². The first-order valence-electron chi connectivity index (χ1n) is 15.3. The zero-order valence-corrected chi connectivity index (χ0v) is 24.1. The Morgan fingerprint density at radius 1 is 1.00 bits per heavy atom. The lowest BCUT2D eigenvalue weighted by atomic mass is 9.46. The van der Waals surface area contributed by atoms with Gasteiger partial charge >= 0.3 is 0 Å². The Bertz CT molecular complexity index is 955. The summed E-state index contributed by atoms with van der Waals surface area (Å²) in [5.41, 5.74) is 1.96. The molecule has 3 nitrogen and oxygen atoms in total. The van der Waals surface area contributed by atoms with Crippen LogP contribution in [0.3, 0.4) is 0 Å². The van der Waals surface area contributed by atoms with Gasteiger partial charge in [-0.1, -0.05) is 89.4 Å². The summed E-state index contributed by atoms with van der Waals surface area (Å²) in [6, 6.07) is 10.5. The van der Waals surface area contributed by atoms with Gasteiger partial charge in [-0.2, -0.15) is 0 Å². The molecular formula is C34H52O3. The van der Waals surface area contributed by atoms with E-state index in [0.717, 1.165) is 44.9 Å². The molecule has 1 aromatic carbocycles. The van der Waals surface area contributed by atoms with Gasteiger partial charge in [0, 0.05) is 5.41 Å². The molecule has 0 heterocycles. The monoisotopic (exact) mass is 508 g/mol. The number of hydrogen-bond donors (Lipinski definition) is 2. The molecule has 37 heavy (non-hydrogen) atoms. The summed E-state index contributed by atoms with van der Waals surface area (Å²) in [4.78, 5) is 0. The van der Waals surface area contributed by atoms with Gasteiger partial charge in [0.1, 0.15) is 0 Å². The molecule has 3 saturated carbocycles. The summed E-state index contributed by atoms with van der Waals surface area (Å²) in [5.74, 6) is 2.46. The second-order valence-corrected chi connectivity index (χ2v) is 14.2. The first-order chi connectivity index (χ1) is 17.6. The van der Waals surface area contributed by atoms with E-state index < -0.39 is 11.7 Å². The number of rotatable bonds is 8. The molecule has 0 unspecified atom stereocenters. The number of ether oxygens (including phenoxy) is 1. The zero-order chi connectivity index (χ0) is 26.4. The molecule has 9 atom stereocenters. The largest absolute Gasteiger partial charge is 0.390 e. The van der Waals surface area contributed by atoms with Gasteiger partial charge in [0.2, 0.25) is 0 Å². The van der Waals surface area contributed by atoms with Gasteiger partial charge in [-0.3, -0.25) is 0 Å². The minimum Gasteiger partial charge on any atom is -0.390 e. The van der Waals surface area contributed by atoms with Crippen molar-refractivity contribution in [2.75, 3.05) is 0 Å². The van der Waals surface area contributed by atoms with Crippen LogP contribution in [0.25, 0.3) is 0 Å². The van der Waals surface area contributed by atoms with Crippen molar-refractivity contribution in [3.63, 3.8) is 0 Å². The molecule has 3 fully saturated rings. The van der Waals surface area contributed by atoms with E-state index in [1.54, 1.807) is 5.57 Å². The van der Waals surface area contributed by atoms with Crippen LogP contribution in [0.4, 0.5) is 0 Å². The van der Waals surface area contributed by atoms with E-state index >= 15 is 0 Å². The minimum absolute atomic E-state index is 0.135. The van der Waals surface area contributed by atoms with E-state index in [2.05, 4.69) is 71.0 Å². The van der Waals surface area contributed by atoms with E-state index in [1.165, 1.54) is 24.8 Å². The highest BCUT2D eigenvalue weighted by Gasteiger charge is 2.68. The summed E-state index contributed by atoms with van der Waals surface area (Å²) in [6.45, 7) is 12.3. The van der Waals surface area contributed by atoms with Crippen LogP contribution >= 0.6 is 0 Å². The van der Waals surface area contributed by atoms with Crippen LogP contribution in [0.5, 0.6) is 0 Å². The first-order valence-corrected chi connectivity index (χ1v) is 15.3. The number of benzene rings is 1. The Morgan fingerprint density at radius 3 is 2.49 bits per heavy atom. The van der Waals surface area contributed by atoms with Crippen molar-refractivity contribution in [2.45, 2.75) is 123 Å². The lowest BCUT2D eigenvalue weighted by Crippen LogP contribution is -2.59. The fourth-order valence-electron chi connectivity index (χ4n) is 9.55. The van der Waals surface area contributed by atoms with Crippen molar-refractivity contribution >= 4 is 0 Å². The molecule has 0 aromatic heterocycles. The Morgan fingerprint density at radius 2 is 1.76 bits per heavy atom. The van der Waals surface area contributed by atoms with Crippen molar-refractivity contribution in [1.82, 2.24) is 0 Å². The summed E-state index contributed by atoms with van der Waals surface area (Å²) in [7, 11) is 0. The highest BCUT2D eigenvalue weighted by Crippen LogP contribution is 2.68. The highest BCUT2D eigenvalue weighted by molar-refractivity contribution is 5.27. The summed E-state index contributed by atoms with van der Waals surface area (Å²) in [6.07, 6.45) is 13.1. The predicted octanol–water partition coefficient (Wildman–Crippen LogP) is 7.70. The maximum Gasteiger partial charge on any atom is 0.0986 e. The van der Waals surface area contributed by atoms with E-state index in [0.29, 0.717) is 36.4 Å². The van der Waals surface area contributed by atoms with Crippen LogP contribution in [0.15, 0.2) is 42.0 Å². The molecule has 0 radical (unpaired) electrons. The fourth-order valence-corrected chi connectivity index (χ4v) is 9.55. The second-order valence-electron chi connectivity index (χ2n) is 14.2. The number of hydrogen-bond acceptors (Lipinski definition) is 3. The summed E-state index contributed by atoms with van der Waals surface area (Å²) >= 11 is 0. The maximum absolute atomic E-state index is 12.2. The minimum atomic E-state index is -0.965. The maximum atomic E-state index is 12.2. The van der Waals surface area contributed by atoms with Gasteiger partial charge < -0.3 is 14.9 Å². The van der Waals surface area contributed by atoms with Gasteiger partial charge in [0.25, 0.3) is 0 Å². The van der Waals surface area contributed by atoms with E-state index in [1.807, 2.05) is 0 Å². The van der Waals surface area contributed by atoms with Gasteiger partial charge in [-0.05, 0) is 91.9 Å². The smallest absolute Gasteiger partial charge is 0.0986 e. The third-order valence-electron chi connectivity index (χ3n) is 11.8. The molecule has 0 bridgehead atoms. The van der Waals surface area contributed by atoms with Gasteiger partial charge in [0.15, 0.2) is 0 Å². The van der Waals surface area contributed by atoms with Crippen LogP contribution in [-0.4, -0.2) is 28.0 Å². The average molecular weight is 509 g/mol. The van der Waals surface area contributed by atoms with E-state index in [9.17, 15) is 10.2 Å². The Labute approximate surface area is 226 Å². The molecule has 5 rings (SSSR count). The molecule has 0 amide bonds. The molecule has 0 aliphatic heterocycles. The molecule has 4 aliphatic carbocycles.